The van der Waals surface area contributed by atoms with Gasteiger partial charge in [0, 0.05) is 17.5 Å². The molecule has 2 atom stereocenters. The fourth-order valence-corrected chi connectivity index (χ4v) is 4.83. The molecule has 4 N–H and O–H groups in total. The van der Waals surface area contributed by atoms with Crippen molar-refractivity contribution >= 4 is 19.0 Å². The fourth-order valence-electron chi connectivity index (χ4n) is 3.50. The zero-order valence-electron chi connectivity index (χ0n) is 20.3. The first-order chi connectivity index (χ1) is 16.9. The van der Waals surface area contributed by atoms with Crippen LogP contribution in [0.2, 0.25) is 0 Å². The molecular formula is C27H33N2O5P. The van der Waals surface area contributed by atoms with Gasteiger partial charge in [-0.3, -0.25) is 4.57 Å². The first kappa shape index (κ1) is 26.4. The van der Waals surface area contributed by atoms with Gasteiger partial charge in [-0.05, 0) is 61.7 Å². The van der Waals surface area contributed by atoms with Crippen molar-refractivity contribution in [1.82, 2.24) is 0 Å². The molecule has 186 valence electrons. The van der Waals surface area contributed by atoms with Crippen LogP contribution in [-0.2, 0) is 15.7 Å². The lowest BCUT2D eigenvalue weighted by molar-refractivity contribution is 0.244. The lowest BCUT2D eigenvalue weighted by atomic mass is 10.1. The SMILES string of the molecule is CC=C(N)c1ccc(NC(c2cc(OCC)cc(OCC)c2)P(=O)(O)OCc2ccccc2)cc1. The molecule has 0 amide bonds. The molecule has 0 spiro atoms. The Labute approximate surface area is 207 Å². The molecule has 3 aromatic rings. The second-order valence-corrected chi connectivity index (χ2v) is 9.70. The number of anilines is 1. The largest absolute Gasteiger partial charge is 0.494 e. The van der Waals surface area contributed by atoms with E-state index in [2.05, 4.69) is 5.32 Å². The summed E-state index contributed by atoms with van der Waals surface area (Å²) in [4.78, 5) is 11.1. The Hall–Kier alpha value is -3.25. The van der Waals surface area contributed by atoms with E-state index in [1.807, 2.05) is 81.4 Å². The van der Waals surface area contributed by atoms with Gasteiger partial charge < -0.3 is 29.9 Å². The molecule has 35 heavy (non-hydrogen) atoms. The highest BCUT2D eigenvalue weighted by Crippen LogP contribution is 2.57. The minimum absolute atomic E-state index is 0.00691. The molecular weight excluding hydrogens is 463 g/mol. The van der Waals surface area contributed by atoms with E-state index >= 15 is 0 Å². The summed E-state index contributed by atoms with van der Waals surface area (Å²) in [7, 11) is -4.23. The molecule has 0 bridgehead atoms. The summed E-state index contributed by atoms with van der Waals surface area (Å²) < 4.78 is 30.6. The van der Waals surface area contributed by atoms with E-state index in [0.717, 1.165) is 11.1 Å². The summed E-state index contributed by atoms with van der Waals surface area (Å²) in [5.74, 6) is 0.00904. The number of ether oxygens (including phenoxy) is 2. The first-order valence-corrected chi connectivity index (χ1v) is 13.2. The Morgan fingerprint density at radius 3 is 2.14 bits per heavy atom. The van der Waals surface area contributed by atoms with Crippen LogP contribution in [0.5, 0.6) is 11.5 Å². The van der Waals surface area contributed by atoms with Crippen LogP contribution in [0.1, 0.15) is 43.2 Å². The number of nitrogens with two attached hydrogens (primary N) is 1. The van der Waals surface area contributed by atoms with Crippen LogP contribution in [0.15, 0.2) is 78.9 Å². The minimum atomic E-state index is -4.23. The normalized spacial score (nSPS) is 14.1. The van der Waals surface area contributed by atoms with Gasteiger partial charge in [0.2, 0.25) is 0 Å². The quantitative estimate of drug-likeness (QED) is 0.252. The second kappa shape index (κ2) is 12.5. The average Bonchev–Trinajstić information content (AvgIpc) is 2.87. The van der Waals surface area contributed by atoms with E-state index in [1.54, 1.807) is 18.2 Å². The molecule has 3 aromatic carbocycles. The Bertz CT molecular complexity index is 1140. The predicted octanol–water partition coefficient (Wildman–Crippen LogP) is 6.32. The Morgan fingerprint density at radius 2 is 1.60 bits per heavy atom. The van der Waals surface area contributed by atoms with E-state index in [4.69, 9.17) is 19.7 Å². The standard InChI is InChI=1S/C27H33N2O5P/c1-4-26(28)21-12-14-23(15-13-21)29-27(35(30,31)34-19-20-10-8-7-9-11-20)22-16-24(32-5-2)18-25(17-22)33-6-3/h4,7-18,27,29H,5-6,19,28H2,1-3H3,(H,30,31). The molecule has 0 radical (unpaired) electrons. The van der Waals surface area contributed by atoms with Crippen LogP contribution < -0.4 is 20.5 Å². The van der Waals surface area contributed by atoms with Gasteiger partial charge in [-0.15, -0.1) is 0 Å². The van der Waals surface area contributed by atoms with Crippen molar-refractivity contribution in [2.75, 3.05) is 18.5 Å². The fraction of sp³-hybridized carbons (Fsp3) is 0.259. The van der Waals surface area contributed by atoms with Crippen molar-refractivity contribution in [3.63, 3.8) is 0 Å². The molecule has 0 saturated carbocycles. The number of allylic oxidation sites excluding steroid dienone is 1. The Kier molecular flexibility index (Phi) is 9.38. The number of nitrogens with one attached hydrogen (secondary N) is 1. The van der Waals surface area contributed by atoms with Gasteiger partial charge in [-0.2, -0.15) is 0 Å². The lowest BCUT2D eigenvalue weighted by Crippen LogP contribution is -2.14. The molecule has 8 heteroatoms. The summed E-state index contributed by atoms with van der Waals surface area (Å²) in [6, 6.07) is 21.8. The average molecular weight is 497 g/mol. The van der Waals surface area contributed by atoms with Gasteiger partial charge in [-0.25, -0.2) is 0 Å². The maximum Gasteiger partial charge on any atom is 0.355 e. The van der Waals surface area contributed by atoms with Crippen LogP contribution in [-0.4, -0.2) is 18.1 Å². The van der Waals surface area contributed by atoms with Crippen LogP contribution >= 0.6 is 7.60 Å². The zero-order valence-corrected chi connectivity index (χ0v) is 21.2. The molecule has 0 heterocycles. The highest BCUT2D eigenvalue weighted by Gasteiger charge is 2.35. The molecule has 2 unspecified atom stereocenters. The number of benzene rings is 3. The molecule has 0 aliphatic heterocycles. The first-order valence-electron chi connectivity index (χ1n) is 11.6. The predicted molar refractivity (Wildman–Crippen MR) is 140 cm³/mol. The molecule has 0 saturated heterocycles. The monoisotopic (exact) mass is 496 g/mol. The molecule has 0 aliphatic rings. The Morgan fingerprint density at radius 1 is 1.00 bits per heavy atom. The summed E-state index contributed by atoms with van der Waals surface area (Å²) in [6.07, 6.45) is 1.82. The maximum atomic E-state index is 13.6. The van der Waals surface area contributed by atoms with Crippen LogP contribution in [0.3, 0.4) is 0 Å². The minimum Gasteiger partial charge on any atom is -0.494 e. The second-order valence-electron chi connectivity index (χ2n) is 7.80. The molecule has 0 aliphatic carbocycles. The van der Waals surface area contributed by atoms with Gasteiger partial charge in [-0.1, -0.05) is 48.5 Å². The third-order valence-corrected chi connectivity index (χ3v) is 6.84. The van der Waals surface area contributed by atoms with Crippen molar-refractivity contribution in [3.05, 3.63) is 95.6 Å². The van der Waals surface area contributed by atoms with Crippen molar-refractivity contribution < 1.29 is 23.5 Å². The third kappa shape index (κ3) is 7.36. The lowest BCUT2D eigenvalue weighted by Gasteiger charge is -2.26. The van der Waals surface area contributed by atoms with E-state index in [0.29, 0.717) is 41.7 Å². The zero-order chi connectivity index (χ0) is 25.3. The summed E-state index contributed by atoms with van der Waals surface area (Å²) in [5, 5.41) is 3.19. The molecule has 0 aromatic heterocycles. The van der Waals surface area contributed by atoms with Gasteiger partial charge in [0.1, 0.15) is 11.5 Å². The van der Waals surface area contributed by atoms with E-state index in [9.17, 15) is 9.46 Å². The number of hydrogen-bond acceptors (Lipinski definition) is 6. The van der Waals surface area contributed by atoms with Gasteiger partial charge in [0.25, 0.3) is 0 Å². The molecule has 3 rings (SSSR count). The van der Waals surface area contributed by atoms with E-state index in [1.165, 1.54) is 0 Å². The molecule has 0 fully saturated rings. The summed E-state index contributed by atoms with van der Waals surface area (Å²) in [6.45, 7) is 6.50. The summed E-state index contributed by atoms with van der Waals surface area (Å²) in [5.41, 5.74) is 9.46. The van der Waals surface area contributed by atoms with Gasteiger partial charge in [0.05, 0.1) is 19.8 Å². The maximum absolute atomic E-state index is 13.6. The van der Waals surface area contributed by atoms with Gasteiger partial charge >= 0.3 is 7.60 Å². The third-order valence-electron chi connectivity index (χ3n) is 5.26. The number of hydrogen-bond donors (Lipinski definition) is 3. The summed E-state index contributed by atoms with van der Waals surface area (Å²) >= 11 is 0. The van der Waals surface area contributed by atoms with Gasteiger partial charge in [0.15, 0.2) is 5.78 Å². The Balaban J connectivity index is 1.98. The highest BCUT2D eigenvalue weighted by atomic mass is 31.2. The van der Waals surface area contributed by atoms with Crippen molar-refractivity contribution in [2.24, 2.45) is 5.73 Å². The topological polar surface area (TPSA) is 103 Å². The molecule has 7 nitrogen and oxygen atoms in total. The number of rotatable bonds is 12. The van der Waals surface area contributed by atoms with Crippen LogP contribution in [0, 0.1) is 0 Å². The smallest absolute Gasteiger partial charge is 0.355 e. The van der Waals surface area contributed by atoms with Crippen molar-refractivity contribution in [3.8, 4) is 11.5 Å². The van der Waals surface area contributed by atoms with Crippen LogP contribution in [0.4, 0.5) is 5.69 Å². The van der Waals surface area contributed by atoms with Crippen LogP contribution in [0.25, 0.3) is 5.70 Å². The van der Waals surface area contributed by atoms with Crippen molar-refractivity contribution in [2.45, 2.75) is 33.2 Å². The highest BCUT2D eigenvalue weighted by molar-refractivity contribution is 7.53. The van der Waals surface area contributed by atoms with Crippen molar-refractivity contribution in [1.29, 1.82) is 0 Å². The van der Waals surface area contributed by atoms with E-state index in [-0.39, 0.29) is 6.61 Å². The van der Waals surface area contributed by atoms with E-state index < -0.39 is 13.4 Å².